The third-order valence-electron chi connectivity index (χ3n) is 5.26. The number of thioether (sulfide) groups is 1. The molecule has 1 aromatic carbocycles. The molecule has 0 bridgehead atoms. The zero-order valence-electron chi connectivity index (χ0n) is 17.8. The van der Waals surface area contributed by atoms with Crippen molar-refractivity contribution in [3.63, 3.8) is 0 Å². The molecule has 11 heteroatoms. The van der Waals surface area contributed by atoms with E-state index in [1.54, 1.807) is 6.08 Å². The number of halogens is 1. The van der Waals surface area contributed by atoms with Crippen molar-refractivity contribution in [3.8, 4) is 5.69 Å². The molecule has 166 valence electrons. The second kappa shape index (κ2) is 8.02. The smallest absolute Gasteiger partial charge is 0.283 e. The number of hydrazone groups is 1. The Morgan fingerprint density at radius 3 is 2.62 bits per heavy atom. The lowest BCUT2D eigenvalue weighted by Crippen LogP contribution is -2.35. The fraction of sp³-hybridized carbons (Fsp3) is 0.238. The van der Waals surface area contributed by atoms with Gasteiger partial charge in [0.15, 0.2) is 5.84 Å². The highest BCUT2D eigenvalue weighted by Crippen LogP contribution is 2.32. The minimum absolute atomic E-state index is 0.0383. The summed E-state index contributed by atoms with van der Waals surface area (Å²) in [4.78, 5) is 16.7. The molecule has 2 aromatic rings. The lowest BCUT2D eigenvalue weighted by atomic mass is 10.1. The number of benzene rings is 1. The summed E-state index contributed by atoms with van der Waals surface area (Å²) in [6.07, 6.45) is 1.59. The number of carbonyl (C=O) groups is 1. The summed E-state index contributed by atoms with van der Waals surface area (Å²) in [5.41, 5.74) is 4.55. The van der Waals surface area contributed by atoms with Gasteiger partial charge in [0.2, 0.25) is 19.4 Å². The predicted octanol–water partition coefficient (Wildman–Crippen LogP) is 4.07. The second-order valence-corrected chi connectivity index (χ2v) is 11.2. The van der Waals surface area contributed by atoms with Crippen LogP contribution in [0.4, 0.5) is 0 Å². The molecule has 0 unspecified atom stereocenters. The average Bonchev–Trinajstić information content (AvgIpc) is 3.28. The molecule has 1 amide bonds. The fourth-order valence-corrected chi connectivity index (χ4v) is 5.84. The van der Waals surface area contributed by atoms with Crippen molar-refractivity contribution in [3.05, 3.63) is 57.4 Å². The first-order chi connectivity index (χ1) is 15.0. The number of aromatic nitrogens is 1. The van der Waals surface area contributed by atoms with Crippen molar-refractivity contribution in [2.75, 3.05) is 5.75 Å². The number of fused-ring (bicyclic) bond motifs is 1. The van der Waals surface area contributed by atoms with Crippen LogP contribution >= 0.6 is 23.4 Å². The lowest BCUT2D eigenvalue weighted by Gasteiger charge is -2.20. The van der Waals surface area contributed by atoms with E-state index >= 15 is 0 Å². The number of amides is 1. The highest BCUT2D eigenvalue weighted by molar-refractivity contribution is 8.42. The molecule has 2 aliphatic heterocycles. The maximum absolute atomic E-state index is 12.7. The van der Waals surface area contributed by atoms with E-state index in [-0.39, 0.29) is 26.7 Å². The molecule has 0 aliphatic carbocycles. The van der Waals surface area contributed by atoms with Crippen LogP contribution < -0.4 is 0 Å². The van der Waals surface area contributed by atoms with E-state index < -0.39 is 15.7 Å². The van der Waals surface area contributed by atoms with Crippen LogP contribution in [0.25, 0.3) is 11.8 Å². The van der Waals surface area contributed by atoms with Crippen LogP contribution in [-0.4, -0.2) is 45.0 Å². The van der Waals surface area contributed by atoms with Gasteiger partial charge in [0.05, 0.1) is 11.3 Å². The van der Waals surface area contributed by atoms with Crippen molar-refractivity contribution in [1.82, 2.24) is 9.58 Å². The van der Waals surface area contributed by atoms with Crippen LogP contribution in [0.5, 0.6) is 0 Å². The summed E-state index contributed by atoms with van der Waals surface area (Å²) in [5.74, 6) is -0.945. The number of aliphatic imine (C=N–C) groups is 1. The summed E-state index contributed by atoms with van der Waals surface area (Å²) in [7, 11) is -3.57. The third-order valence-corrected chi connectivity index (χ3v) is 8.59. The van der Waals surface area contributed by atoms with E-state index in [0.717, 1.165) is 45.0 Å². The molecule has 0 saturated carbocycles. The molecule has 0 fully saturated rings. The Labute approximate surface area is 195 Å². The normalized spacial score (nSPS) is 17.7. The lowest BCUT2D eigenvalue weighted by molar-refractivity contribution is -0.114. The van der Waals surface area contributed by atoms with E-state index in [0.29, 0.717) is 5.02 Å². The van der Waals surface area contributed by atoms with E-state index in [2.05, 4.69) is 10.1 Å². The number of hydrogen-bond donors (Lipinski definition) is 1. The third kappa shape index (κ3) is 3.72. The SMILES string of the molecule is CCS(=O)(=O)C1=NN2C(=N)/C(=C\c3cc(C)n(-c4cc(Cl)ccc4C)c3C)C(=O)N=C2S1. The van der Waals surface area contributed by atoms with E-state index in [9.17, 15) is 13.2 Å². The van der Waals surface area contributed by atoms with Gasteiger partial charge in [0.1, 0.15) is 0 Å². The molecule has 4 rings (SSSR count). The van der Waals surface area contributed by atoms with Gasteiger partial charge in [0, 0.05) is 22.1 Å². The molecular weight excluding hydrogens is 470 g/mol. The second-order valence-electron chi connectivity index (χ2n) is 7.38. The van der Waals surface area contributed by atoms with E-state index in [1.807, 2.05) is 49.6 Å². The number of hydrogen-bond acceptors (Lipinski definition) is 6. The zero-order valence-corrected chi connectivity index (χ0v) is 20.2. The Morgan fingerprint density at radius 1 is 1.22 bits per heavy atom. The monoisotopic (exact) mass is 489 g/mol. The Morgan fingerprint density at radius 2 is 1.94 bits per heavy atom. The molecule has 2 aliphatic rings. The van der Waals surface area contributed by atoms with Crippen LogP contribution in [0.15, 0.2) is 39.9 Å². The fourth-order valence-electron chi connectivity index (χ4n) is 3.51. The Kier molecular flexibility index (Phi) is 5.64. The number of aryl methyl sites for hydroxylation is 2. The van der Waals surface area contributed by atoms with Crippen LogP contribution in [0.3, 0.4) is 0 Å². The van der Waals surface area contributed by atoms with Gasteiger partial charge < -0.3 is 4.57 Å². The summed E-state index contributed by atoms with van der Waals surface area (Å²) < 4.78 is 26.2. The maximum atomic E-state index is 12.7. The highest BCUT2D eigenvalue weighted by atomic mass is 35.5. The molecule has 3 heterocycles. The zero-order chi connectivity index (χ0) is 23.4. The number of nitrogens with zero attached hydrogens (tertiary/aromatic N) is 4. The van der Waals surface area contributed by atoms with Gasteiger partial charge in [-0.15, -0.1) is 5.10 Å². The molecule has 32 heavy (non-hydrogen) atoms. The summed E-state index contributed by atoms with van der Waals surface area (Å²) in [5, 5.41) is 14.3. The van der Waals surface area contributed by atoms with E-state index in [1.165, 1.54) is 6.92 Å². The molecule has 0 radical (unpaired) electrons. The summed E-state index contributed by atoms with van der Waals surface area (Å²) >= 11 is 6.99. The predicted molar refractivity (Wildman–Crippen MR) is 129 cm³/mol. The van der Waals surface area contributed by atoms with Gasteiger partial charge in [-0.05, 0) is 67.9 Å². The largest absolute Gasteiger partial charge is 0.318 e. The highest BCUT2D eigenvalue weighted by Gasteiger charge is 2.39. The van der Waals surface area contributed by atoms with Crippen molar-refractivity contribution in [2.45, 2.75) is 27.7 Å². The first-order valence-electron chi connectivity index (χ1n) is 9.72. The Hall–Kier alpha value is -2.69. The molecule has 0 saturated heterocycles. The molecule has 8 nitrogen and oxygen atoms in total. The van der Waals surface area contributed by atoms with Crippen LogP contribution in [0.2, 0.25) is 5.02 Å². The minimum atomic E-state index is -3.57. The van der Waals surface area contributed by atoms with Crippen LogP contribution in [0.1, 0.15) is 29.4 Å². The molecule has 1 N–H and O–H groups in total. The molecule has 1 aromatic heterocycles. The number of rotatable bonds is 3. The van der Waals surface area contributed by atoms with E-state index in [4.69, 9.17) is 17.0 Å². The first kappa shape index (κ1) is 22.5. The Balaban J connectivity index is 1.77. The van der Waals surface area contributed by atoms with Gasteiger partial charge in [-0.25, -0.2) is 8.42 Å². The number of nitrogens with one attached hydrogen (secondary N) is 1. The van der Waals surface area contributed by atoms with Gasteiger partial charge in [0.25, 0.3) is 5.91 Å². The minimum Gasteiger partial charge on any atom is -0.318 e. The molecule has 0 spiro atoms. The van der Waals surface area contributed by atoms with Crippen LogP contribution in [-0.2, 0) is 14.6 Å². The Bertz CT molecular complexity index is 1390. The summed E-state index contributed by atoms with van der Waals surface area (Å²) in [6.45, 7) is 7.37. The van der Waals surface area contributed by atoms with Gasteiger partial charge in [-0.1, -0.05) is 24.6 Å². The van der Waals surface area contributed by atoms with Gasteiger partial charge in [-0.3, -0.25) is 10.2 Å². The van der Waals surface area contributed by atoms with Crippen molar-refractivity contribution in [1.29, 1.82) is 5.41 Å². The van der Waals surface area contributed by atoms with Crippen molar-refractivity contribution < 1.29 is 13.2 Å². The maximum Gasteiger partial charge on any atom is 0.283 e. The standard InChI is InChI=1S/C21H20ClN5O3S2/c1-5-32(29,30)21-25-27-18(23)16(19(28)24-20(27)31-21)9-14-8-12(3)26(13(14)4)17-10-15(22)7-6-11(17)2/h6-10,23H,5H2,1-4H3/b16-9+,23-18?. The van der Waals surface area contributed by atoms with Gasteiger partial charge in [-0.2, -0.15) is 10.0 Å². The molecule has 0 atom stereocenters. The number of amidine groups is 2. The topological polar surface area (TPSA) is 108 Å². The van der Waals surface area contributed by atoms with Gasteiger partial charge >= 0.3 is 0 Å². The number of carbonyl (C=O) groups excluding carboxylic acids is 1. The van der Waals surface area contributed by atoms with Crippen molar-refractivity contribution >= 4 is 60.6 Å². The summed E-state index contributed by atoms with van der Waals surface area (Å²) in [6, 6.07) is 7.56. The number of sulfone groups is 1. The molecular formula is C21H20ClN5O3S2. The average molecular weight is 490 g/mol. The first-order valence-corrected chi connectivity index (χ1v) is 12.6. The van der Waals surface area contributed by atoms with Crippen LogP contribution in [0, 0.1) is 26.2 Å². The van der Waals surface area contributed by atoms with Crippen molar-refractivity contribution in [2.24, 2.45) is 10.1 Å². The quantitative estimate of drug-likeness (QED) is 0.654.